The molecule has 1 heterocycles. The van der Waals surface area contributed by atoms with Gasteiger partial charge in [0.25, 0.3) is 0 Å². The third kappa shape index (κ3) is 4.34. The first-order valence-electron chi connectivity index (χ1n) is 14.5. The molecule has 1 saturated heterocycles. The van der Waals surface area contributed by atoms with Gasteiger partial charge in [0.05, 0.1) is 17.5 Å². The van der Waals surface area contributed by atoms with Crippen molar-refractivity contribution < 1.29 is 39.0 Å². The molecule has 5 rings (SSSR count). The average Bonchev–Trinajstić information content (AvgIpc) is 3.45. The standard InChI is InChI=1S/C30H38N4O8/c1-12(2)19-16-9-13-8-15-18(34(3)4)10-14(11-33-29(41)17-6-5-7-32-17)23(35)21(15)25(37)20(13)26(38)30(16,42)27(39)22(24(19)36)28(31)40/h10,12-13,16-17,19-20,22,32,35,42H,5-9,11H2,1-4H3,(H2,31,40)(H,33,41)/t13-,16-,17?,19-,20?,22?,30-/m0/s1. The number of fused-ring (bicyclic) bond motifs is 3. The van der Waals surface area contributed by atoms with Crippen LogP contribution >= 0.6 is 0 Å². The van der Waals surface area contributed by atoms with Gasteiger partial charge in [-0.05, 0) is 55.7 Å². The second-order valence-electron chi connectivity index (χ2n) is 12.7. The Kier molecular flexibility index (Phi) is 7.51. The van der Waals surface area contributed by atoms with E-state index >= 15 is 0 Å². The van der Waals surface area contributed by atoms with E-state index in [-0.39, 0.29) is 48.2 Å². The van der Waals surface area contributed by atoms with Gasteiger partial charge in [-0.2, -0.15) is 0 Å². The molecule has 3 aliphatic carbocycles. The Morgan fingerprint density at radius 1 is 1.19 bits per heavy atom. The van der Waals surface area contributed by atoms with Crippen molar-refractivity contribution in [1.29, 1.82) is 0 Å². The molecule has 1 aromatic rings. The summed E-state index contributed by atoms with van der Waals surface area (Å²) >= 11 is 0. The first kappa shape index (κ1) is 29.8. The van der Waals surface area contributed by atoms with E-state index in [0.29, 0.717) is 17.7 Å². The molecule has 0 radical (unpaired) electrons. The number of nitrogens with zero attached hydrogens (tertiary/aromatic N) is 1. The van der Waals surface area contributed by atoms with Gasteiger partial charge in [0.1, 0.15) is 5.75 Å². The number of aliphatic hydroxyl groups is 1. The summed E-state index contributed by atoms with van der Waals surface area (Å²) in [5.74, 6) is -12.3. The summed E-state index contributed by atoms with van der Waals surface area (Å²) in [4.78, 5) is 81.4. The topological polar surface area (TPSA) is 196 Å². The van der Waals surface area contributed by atoms with Gasteiger partial charge in [0, 0.05) is 43.7 Å². The van der Waals surface area contributed by atoms with Gasteiger partial charge in [-0.25, -0.2) is 0 Å². The first-order valence-corrected chi connectivity index (χ1v) is 14.5. The Hall–Kier alpha value is -3.64. The van der Waals surface area contributed by atoms with E-state index in [4.69, 9.17) is 5.73 Å². The van der Waals surface area contributed by atoms with E-state index in [0.717, 1.165) is 13.0 Å². The lowest BCUT2D eigenvalue weighted by atomic mass is 9.49. The Bertz CT molecular complexity index is 1400. The van der Waals surface area contributed by atoms with E-state index < -0.39 is 70.1 Å². The number of phenolic OH excluding ortho intramolecular Hbond substituents is 1. The van der Waals surface area contributed by atoms with E-state index in [1.54, 1.807) is 38.9 Å². The maximum absolute atomic E-state index is 14.1. The van der Waals surface area contributed by atoms with Gasteiger partial charge >= 0.3 is 0 Å². The minimum Gasteiger partial charge on any atom is -0.507 e. The Morgan fingerprint density at radius 2 is 1.88 bits per heavy atom. The number of benzene rings is 1. The highest BCUT2D eigenvalue weighted by atomic mass is 16.3. The summed E-state index contributed by atoms with van der Waals surface area (Å²) in [6.45, 7) is 4.09. The van der Waals surface area contributed by atoms with Gasteiger partial charge in [-0.1, -0.05) is 13.8 Å². The number of hydrogen-bond acceptors (Lipinski definition) is 10. The molecular weight excluding hydrogens is 544 g/mol. The van der Waals surface area contributed by atoms with Crippen LogP contribution in [0.4, 0.5) is 5.69 Å². The Morgan fingerprint density at radius 3 is 2.45 bits per heavy atom. The minimum atomic E-state index is -2.74. The highest BCUT2D eigenvalue weighted by Gasteiger charge is 2.69. The lowest BCUT2D eigenvalue weighted by molar-refractivity contribution is -0.182. The second-order valence-corrected chi connectivity index (χ2v) is 12.7. The molecule has 12 nitrogen and oxygen atoms in total. The van der Waals surface area contributed by atoms with Crippen LogP contribution in [-0.2, 0) is 36.9 Å². The number of aromatic hydroxyl groups is 1. The minimum absolute atomic E-state index is 0.0176. The molecule has 226 valence electrons. The van der Waals surface area contributed by atoms with Crippen LogP contribution < -0.4 is 21.3 Å². The van der Waals surface area contributed by atoms with Crippen LogP contribution in [0.3, 0.4) is 0 Å². The lowest BCUT2D eigenvalue weighted by Crippen LogP contribution is -2.71. The first-order chi connectivity index (χ1) is 19.7. The smallest absolute Gasteiger partial charge is 0.237 e. The van der Waals surface area contributed by atoms with Crippen LogP contribution in [0.2, 0.25) is 0 Å². The quantitative estimate of drug-likeness (QED) is 0.276. The van der Waals surface area contributed by atoms with Crippen molar-refractivity contribution in [3.05, 3.63) is 22.8 Å². The fourth-order valence-corrected chi connectivity index (χ4v) is 7.70. The van der Waals surface area contributed by atoms with Crippen molar-refractivity contribution in [2.24, 2.45) is 41.2 Å². The van der Waals surface area contributed by atoms with E-state index in [1.807, 2.05) is 0 Å². The predicted molar refractivity (Wildman–Crippen MR) is 149 cm³/mol. The van der Waals surface area contributed by atoms with Crippen molar-refractivity contribution in [2.75, 3.05) is 25.5 Å². The molecule has 1 aromatic carbocycles. The summed E-state index contributed by atoms with van der Waals surface area (Å²) in [7, 11) is 3.55. The zero-order valence-corrected chi connectivity index (χ0v) is 24.2. The number of carbonyl (C=O) groups is 6. The SMILES string of the molecule is CC(C)[C@@H]1C(=O)C(C(N)=O)C(=O)[C@@]2(O)C(=O)C3C(=O)c4c(O)c(CNC(=O)C5CCCN5)cc(N(C)C)c4C[C@H]3C[C@@H]12. The lowest BCUT2D eigenvalue weighted by Gasteiger charge is -2.52. The molecule has 6 N–H and O–H groups in total. The number of carbonyl (C=O) groups excluding carboxylic acids is 6. The van der Waals surface area contributed by atoms with Crippen molar-refractivity contribution in [2.45, 2.75) is 57.7 Å². The number of hydrogen-bond donors (Lipinski definition) is 5. The molecule has 3 fully saturated rings. The van der Waals surface area contributed by atoms with Gasteiger partial charge in [0.15, 0.2) is 34.7 Å². The van der Waals surface area contributed by atoms with Crippen LogP contribution in [0, 0.1) is 35.5 Å². The highest BCUT2D eigenvalue weighted by Crippen LogP contribution is 2.54. The molecule has 0 bridgehead atoms. The molecule has 0 aromatic heterocycles. The van der Waals surface area contributed by atoms with Crippen LogP contribution in [0.15, 0.2) is 6.07 Å². The number of primary amides is 1. The molecule has 42 heavy (non-hydrogen) atoms. The maximum Gasteiger partial charge on any atom is 0.237 e. The molecule has 4 aliphatic rings. The van der Waals surface area contributed by atoms with Crippen LogP contribution in [0.25, 0.3) is 0 Å². The largest absolute Gasteiger partial charge is 0.507 e. The van der Waals surface area contributed by atoms with Gasteiger partial charge in [-0.3, -0.25) is 28.8 Å². The van der Waals surface area contributed by atoms with Crippen LogP contribution in [0.5, 0.6) is 5.75 Å². The zero-order valence-electron chi connectivity index (χ0n) is 24.2. The predicted octanol–water partition coefficient (Wildman–Crippen LogP) is -0.357. The molecule has 7 atom stereocenters. The molecule has 0 spiro atoms. The van der Waals surface area contributed by atoms with Crippen molar-refractivity contribution in [3.63, 3.8) is 0 Å². The molecular formula is C30H38N4O8. The summed E-state index contributed by atoms with van der Waals surface area (Å²) in [6.07, 6.45) is 1.76. The number of nitrogens with one attached hydrogen (secondary N) is 2. The van der Waals surface area contributed by atoms with Crippen LogP contribution in [-0.4, -0.2) is 77.4 Å². The number of Topliss-reactive ketones (excluding diaryl/α,β-unsaturated/α-hetero) is 4. The number of rotatable bonds is 6. The Labute approximate surface area is 243 Å². The van der Waals surface area contributed by atoms with Crippen molar-refractivity contribution >= 4 is 40.6 Å². The molecule has 12 heteroatoms. The number of amides is 2. The van der Waals surface area contributed by atoms with Gasteiger partial charge < -0.3 is 31.5 Å². The summed E-state index contributed by atoms with van der Waals surface area (Å²) in [5.41, 5.74) is 3.97. The second kappa shape index (κ2) is 10.6. The summed E-state index contributed by atoms with van der Waals surface area (Å²) in [5, 5.41) is 29.0. The Balaban J connectivity index is 1.56. The fourth-order valence-electron chi connectivity index (χ4n) is 7.70. The fraction of sp³-hybridized carbons (Fsp3) is 0.600. The number of ketones is 4. The van der Waals surface area contributed by atoms with Crippen molar-refractivity contribution in [3.8, 4) is 5.75 Å². The molecule has 3 unspecified atom stereocenters. The van der Waals surface area contributed by atoms with E-state index in [1.165, 1.54) is 0 Å². The van der Waals surface area contributed by atoms with Gasteiger partial charge in [0.2, 0.25) is 11.8 Å². The summed E-state index contributed by atoms with van der Waals surface area (Å²) in [6, 6.07) is 1.36. The zero-order chi connectivity index (χ0) is 30.8. The molecule has 2 amide bonds. The third-order valence-electron chi connectivity index (χ3n) is 9.68. The summed E-state index contributed by atoms with van der Waals surface area (Å²) < 4.78 is 0. The van der Waals surface area contributed by atoms with Crippen molar-refractivity contribution in [1.82, 2.24) is 10.6 Å². The van der Waals surface area contributed by atoms with Gasteiger partial charge in [-0.15, -0.1) is 0 Å². The number of phenols is 1. The number of anilines is 1. The number of nitrogens with two attached hydrogens (primary N) is 1. The van der Waals surface area contributed by atoms with E-state index in [9.17, 15) is 39.0 Å². The third-order valence-corrected chi connectivity index (χ3v) is 9.68. The highest BCUT2D eigenvalue weighted by molar-refractivity contribution is 6.32. The van der Waals surface area contributed by atoms with Crippen LogP contribution in [0.1, 0.15) is 54.6 Å². The molecule has 2 saturated carbocycles. The monoisotopic (exact) mass is 582 g/mol. The maximum atomic E-state index is 14.1. The van der Waals surface area contributed by atoms with E-state index in [2.05, 4.69) is 10.6 Å². The average molecular weight is 583 g/mol. The normalized spacial score (nSPS) is 32.3. The molecule has 1 aliphatic heterocycles.